The number of nitrogens with one attached hydrogen (secondary N) is 1. The maximum absolute atomic E-state index is 11.6. The van der Waals surface area contributed by atoms with Crippen LogP contribution in [0.25, 0.3) is 0 Å². The average molecular weight is 433 g/mol. The van der Waals surface area contributed by atoms with E-state index in [2.05, 4.69) is 20.3 Å². The number of hydrogen-bond acceptors (Lipinski definition) is 7. The van der Waals surface area contributed by atoms with Crippen molar-refractivity contribution >= 4 is 35.0 Å². The number of nitrogens with zero attached hydrogens (tertiary/aromatic N) is 3. The SMILES string of the molecule is CCOC(=O)c1ccc(Oc2ccc(CCNc3nc(Cl)ncc3Cl)cc2)nc1. The van der Waals surface area contributed by atoms with E-state index in [1.54, 1.807) is 19.1 Å². The number of halogens is 2. The number of hydrogen-bond donors (Lipinski definition) is 1. The summed E-state index contributed by atoms with van der Waals surface area (Å²) in [6, 6.07) is 10.9. The molecule has 0 aliphatic carbocycles. The summed E-state index contributed by atoms with van der Waals surface area (Å²) in [5.74, 6) is 1.13. The number of ether oxygens (including phenoxy) is 2. The van der Waals surface area contributed by atoms with Crippen molar-refractivity contribution < 1.29 is 14.3 Å². The Morgan fingerprint density at radius 3 is 2.55 bits per heavy atom. The van der Waals surface area contributed by atoms with E-state index in [-0.39, 0.29) is 5.28 Å². The molecule has 0 atom stereocenters. The smallest absolute Gasteiger partial charge is 0.339 e. The minimum atomic E-state index is -0.407. The van der Waals surface area contributed by atoms with E-state index < -0.39 is 5.97 Å². The summed E-state index contributed by atoms with van der Waals surface area (Å²) in [6.45, 7) is 2.70. The Bertz CT molecular complexity index is 966. The average Bonchev–Trinajstić information content (AvgIpc) is 2.72. The Morgan fingerprint density at radius 1 is 1.07 bits per heavy atom. The van der Waals surface area contributed by atoms with E-state index in [0.29, 0.717) is 41.2 Å². The molecule has 0 saturated heterocycles. The third kappa shape index (κ3) is 6.04. The van der Waals surface area contributed by atoms with Crippen LogP contribution in [0, 0.1) is 0 Å². The highest BCUT2D eigenvalue weighted by atomic mass is 35.5. The van der Waals surface area contributed by atoms with Crippen LogP contribution in [-0.4, -0.2) is 34.1 Å². The lowest BCUT2D eigenvalue weighted by Gasteiger charge is -2.09. The van der Waals surface area contributed by atoms with Gasteiger partial charge in [-0.2, -0.15) is 4.98 Å². The molecule has 150 valence electrons. The van der Waals surface area contributed by atoms with Gasteiger partial charge in [0.15, 0.2) is 0 Å². The second-order valence-corrected chi connectivity index (χ2v) is 6.61. The Labute approximate surface area is 178 Å². The highest BCUT2D eigenvalue weighted by Gasteiger charge is 2.08. The standard InChI is InChI=1S/C20H18Cl2N4O3/c1-2-28-19(27)14-5-8-17(24-11-14)29-15-6-3-13(4-7-15)9-10-23-18-16(21)12-25-20(22)26-18/h3-8,11-12H,2,9-10H2,1H3,(H,23,25,26). The molecule has 7 nitrogen and oxygen atoms in total. The van der Waals surface area contributed by atoms with Crippen LogP contribution >= 0.6 is 23.2 Å². The van der Waals surface area contributed by atoms with Gasteiger partial charge in [0.2, 0.25) is 11.2 Å². The lowest BCUT2D eigenvalue weighted by molar-refractivity contribution is 0.0526. The first kappa shape index (κ1) is 20.8. The Hall–Kier alpha value is -2.90. The van der Waals surface area contributed by atoms with Crippen molar-refractivity contribution in [2.45, 2.75) is 13.3 Å². The molecule has 29 heavy (non-hydrogen) atoms. The fourth-order valence-electron chi connectivity index (χ4n) is 2.42. The van der Waals surface area contributed by atoms with Crippen LogP contribution in [0.4, 0.5) is 5.82 Å². The van der Waals surface area contributed by atoms with Gasteiger partial charge >= 0.3 is 5.97 Å². The molecule has 0 saturated carbocycles. The van der Waals surface area contributed by atoms with Crippen LogP contribution in [0.2, 0.25) is 10.3 Å². The minimum absolute atomic E-state index is 0.141. The zero-order valence-electron chi connectivity index (χ0n) is 15.6. The zero-order valence-corrected chi connectivity index (χ0v) is 17.1. The van der Waals surface area contributed by atoms with Gasteiger partial charge in [-0.05, 0) is 48.7 Å². The normalized spacial score (nSPS) is 10.4. The first-order valence-corrected chi connectivity index (χ1v) is 9.62. The summed E-state index contributed by atoms with van der Waals surface area (Å²) in [7, 11) is 0. The second-order valence-electron chi connectivity index (χ2n) is 5.86. The summed E-state index contributed by atoms with van der Waals surface area (Å²) in [6.07, 6.45) is 3.64. The first-order valence-electron chi connectivity index (χ1n) is 8.87. The van der Waals surface area contributed by atoms with E-state index in [9.17, 15) is 4.79 Å². The van der Waals surface area contributed by atoms with Crippen molar-refractivity contribution in [2.75, 3.05) is 18.5 Å². The largest absolute Gasteiger partial charge is 0.462 e. The van der Waals surface area contributed by atoms with Crippen LogP contribution in [0.5, 0.6) is 11.6 Å². The molecular formula is C20H18Cl2N4O3. The Morgan fingerprint density at radius 2 is 1.86 bits per heavy atom. The molecule has 0 unspecified atom stereocenters. The number of rotatable bonds is 8. The van der Waals surface area contributed by atoms with Crippen LogP contribution in [-0.2, 0) is 11.2 Å². The molecule has 3 aromatic rings. The highest BCUT2D eigenvalue weighted by molar-refractivity contribution is 6.33. The monoisotopic (exact) mass is 432 g/mol. The summed E-state index contributed by atoms with van der Waals surface area (Å²) in [5.41, 5.74) is 1.49. The molecule has 2 heterocycles. The topological polar surface area (TPSA) is 86.2 Å². The van der Waals surface area contributed by atoms with Crippen molar-refractivity contribution in [1.29, 1.82) is 0 Å². The molecule has 0 aliphatic heterocycles. The quantitative estimate of drug-likeness (QED) is 0.403. The van der Waals surface area contributed by atoms with Crippen molar-refractivity contribution in [2.24, 2.45) is 0 Å². The molecule has 3 rings (SSSR count). The summed E-state index contributed by atoms with van der Waals surface area (Å²) in [5, 5.41) is 3.69. The van der Waals surface area contributed by atoms with E-state index in [1.165, 1.54) is 12.4 Å². The fraction of sp³-hybridized carbons (Fsp3) is 0.200. The summed E-state index contributed by atoms with van der Waals surface area (Å²) >= 11 is 11.8. The van der Waals surface area contributed by atoms with Crippen LogP contribution in [0.15, 0.2) is 48.8 Å². The maximum atomic E-state index is 11.6. The van der Waals surface area contributed by atoms with Gasteiger partial charge in [-0.3, -0.25) is 0 Å². The highest BCUT2D eigenvalue weighted by Crippen LogP contribution is 2.21. The van der Waals surface area contributed by atoms with Crippen molar-refractivity contribution in [1.82, 2.24) is 15.0 Å². The van der Waals surface area contributed by atoms with E-state index in [1.807, 2.05) is 24.3 Å². The molecule has 1 N–H and O–H groups in total. The molecular weight excluding hydrogens is 415 g/mol. The van der Waals surface area contributed by atoms with E-state index in [0.717, 1.165) is 12.0 Å². The third-order valence-corrected chi connectivity index (χ3v) is 4.27. The third-order valence-electron chi connectivity index (χ3n) is 3.81. The van der Waals surface area contributed by atoms with E-state index in [4.69, 9.17) is 32.7 Å². The van der Waals surface area contributed by atoms with Gasteiger partial charge < -0.3 is 14.8 Å². The molecule has 1 aromatic carbocycles. The van der Waals surface area contributed by atoms with Gasteiger partial charge in [-0.1, -0.05) is 23.7 Å². The van der Waals surface area contributed by atoms with Crippen LogP contribution < -0.4 is 10.1 Å². The number of anilines is 1. The number of pyridine rings is 1. The molecule has 2 aromatic heterocycles. The molecule has 0 fully saturated rings. The Kier molecular flexibility index (Phi) is 7.21. The van der Waals surface area contributed by atoms with Gasteiger partial charge in [0.05, 0.1) is 18.4 Å². The molecule has 0 bridgehead atoms. The summed E-state index contributed by atoms with van der Waals surface area (Å²) < 4.78 is 10.6. The first-order chi connectivity index (χ1) is 14.0. The lowest BCUT2D eigenvalue weighted by Crippen LogP contribution is -2.07. The maximum Gasteiger partial charge on any atom is 0.339 e. The van der Waals surface area contributed by atoms with Gasteiger partial charge in [-0.25, -0.2) is 14.8 Å². The van der Waals surface area contributed by atoms with Gasteiger partial charge in [0.1, 0.15) is 16.6 Å². The molecule has 0 amide bonds. The van der Waals surface area contributed by atoms with Gasteiger partial charge in [-0.15, -0.1) is 0 Å². The van der Waals surface area contributed by atoms with E-state index >= 15 is 0 Å². The number of carbonyl (C=O) groups is 1. The second kappa shape index (κ2) is 10.0. The van der Waals surface area contributed by atoms with Crippen molar-refractivity contribution in [3.8, 4) is 11.6 Å². The fourth-order valence-corrected chi connectivity index (χ4v) is 2.71. The minimum Gasteiger partial charge on any atom is -0.462 e. The van der Waals surface area contributed by atoms with Crippen LogP contribution in [0.3, 0.4) is 0 Å². The lowest BCUT2D eigenvalue weighted by atomic mass is 10.1. The predicted octanol–water partition coefficient (Wildman–Crippen LogP) is 4.80. The number of benzene rings is 1. The molecule has 0 spiro atoms. The van der Waals surface area contributed by atoms with Crippen molar-refractivity contribution in [3.63, 3.8) is 0 Å². The van der Waals surface area contributed by atoms with Crippen LogP contribution in [0.1, 0.15) is 22.8 Å². The number of carbonyl (C=O) groups excluding carboxylic acids is 1. The van der Waals surface area contributed by atoms with Crippen molar-refractivity contribution in [3.05, 3.63) is 70.2 Å². The number of esters is 1. The molecule has 9 heteroatoms. The molecule has 0 radical (unpaired) electrons. The molecule has 0 aliphatic rings. The van der Waals surface area contributed by atoms with Gasteiger partial charge in [0, 0.05) is 18.8 Å². The Balaban J connectivity index is 1.52. The number of aromatic nitrogens is 3. The van der Waals surface area contributed by atoms with Gasteiger partial charge in [0.25, 0.3) is 0 Å². The predicted molar refractivity (Wildman–Crippen MR) is 111 cm³/mol. The summed E-state index contributed by atoms with van der Waals surface area (Å²) in [4.78, 5) is 23.6. The zero-order chi connectivity index (χ0) is 20.6.